The van der Waals surface area contributed by atoms with Gasteiger partial charge in [-0.2, -0.15) is 32.0 Å². The van der Waals surface area contributed by atoms with Crippen LogP contribution in [0.25, 0.3) is 32.5 Å². The zero-order valence-electron chi connectivity index (χ0n) is 33.2. The Morgan fingerprint density at radius 2 is 1.66 bits per heavy atom. The molecule has 3 aliphatic rings. The van der Waals surface area contributed by atoms with Crippen molar-refractivity contribution in [1.82, 2.24) is 35.0 Å². The Morgan fingerprint density at radius 3 is 2.34 bits per heavy atom. The van der Waals surface area contributed by atoms with Crippen LogP contribution < -0.4 is 20.9 Å². The van der Waals surface area contributed by atoms with Gasteiger partial charge < -0.3 is 25.8 Å². The minimum Gasteiger partial charge on any atom is -0.366 e. The summed E-state index contributed by atoms with van der Waals surface area (Å²) in [6, 6.07) is 14.1. The van der Waals surface area contributed by atoms with Crippen molar-refractivity contribution in [3.8, 4) is 11.1 Å². The van der Waals surface area contributed by atoms with Crippen molar-refractivity contribution in [2.24, 2.45) is 11.7 Å². The molecule has 2 amide bonds. The van der Waals surface area contributed by atoms with Gasteiger partial charge in [0.15, 0.2) is 16.5 Å². The number of benzene rings is 3. The Kier molecular flexibility index (Phi) is 9.87. The quantitative estimate of drug-likeness (QED) is 0.117. The number of halogens is 8. The van der Waals surface area contributed by atoms with Gasteiger partial charge in [-0.25, -0.2) is 23.1 Å². The number of aromatic nitrogens is 6. The van der Waals surface area contributed by atoms with E-state index in [0.717, 1.165) is 35.2 Å². The number of carbonyl (C=O) groups excluding carboxylic acids is 2. The van der Waals surface area contributed by atoms with E-state index in [0.29, 0.717) is 46.8 Å². The van der Waals surface area contributed by atoms with E-state index in [4.69, 9.17) is 20.7 Å². The molecular formula is C43H34F8N10O2S. The van der Waals surface area contributed by atoms with Crippen molar-refractivity contribution >= 4 is 55.6 Å². The lowest BCUT2D eigenvalue weighted by Gasteiger charge is -2.34. The summed E-state index contributed by atoms with van der Waals surface area (Å²) < 4.78 is 119. The largest absolute Gasteiger partial charge is 0.435 e. The Morgan fingerprint density at radius 1 is 0.922 bits per heavy atom. The summed E-state index contributed by atoms with van der Waals surface area (Å²) in [5, 5.41) is 6.72. The monoisotopic (exact) mass is 906 g/mol. The summed E-state index contributed by atoms with van der Waals surface area (Å²) in [5.74, 6) is -10.4. The number of para-hydroxylation sites is 2. The first kappa shape index (κ1) is 41.4. The normalized spacial score (nSPS) is 18.6. The second-order valence-electron chi connectivity index (χ2n) is 16.1. The van der Waals surface area contributed by atoms with Crippen molar-refractivity contribution in [3.63, 3.8) is 0 Å². The van der Waals surface area contributed by atoms with Crippen molar-refractivity contribution in [1.29, 1.82) is 0 Å². The van der Waals surface area contributed by atoms with Crippen molar-refractivity contribution in [2.75, 3.05) is 36.0 Å². The Labute approximate surface area is 361 Å². The number of aromatic amines is 1. The van der Waals surface area contributed by atoms with Gasteiger partial charge >= 0.3 is 6.18 Å². The summed E-state index contributed by atoms with van der Waals surface area (Å²) >= 11 is 1.28. The number of piperazine rings is 1. The van der Waals surface area contributed by atoms with Crippen LogP contribution in [0.3, 0.4) is 0 Å². The Balaban J connectivity index is 1.03. The number of rotatable bonds is 10. The predicted molar refractivity (Wildman–Crippen MR) is 219 cm³/mol. The minimum absolute atomic E-state index is 0.00307. The van der Waals surface area contributed by atoms with E-state index in [1.165, 1.54) is 23.5 Å². The number of thiazole rings is 1. The summed E-state index contributed by atoms with van der Waals surface area (Å²) in [6.45, 7) is 1.16. The fourth-order valence-corrected chi connectivity index (χ4v) is 10.1. The van der Waals surface area contributed by atoms with Gasteiger partial charge in [0.1, 0.15) is 29.7 Å². The SMILES string of the molecule is NC(=O)c1cc(-c2cc3sc(N4CCN(c5nc6ccccc6[nH]5)CC4)nc3nc2[C@H](Cc2cc(F)cc(F)c2)NC(=O)Cn2nc(C(F)(F)F)c3c2C(F)(F)[C@@H]2CC[C@H]32)ccc1F. The number of carbonyl (C=O) groups is 2. The van der Waals surface area contributed by atoms with E-state index in [1.807, 2.05) is 29.2 Å². The van der Waals surface area contributed by atoms with Crippen LogP contribution in [0.15, 0.2) is 66.7 Å². The van der Waals surface area contributed by atoms with Crippen LogP contribution in [0, 0.1) is 23.4 Å². The lowest BCUT2D eigenvalue weighted by molar-refractivity contribution is -0.144. The maximum atomic E-state index is 15.7. The van der Waals surface area contributed by atoms with E-state index in [9.17, 15) is 35.9 Å². The molecule has 10 rings (SSSR count). The van der Waals surface area contributed by atoms with E-state index in [2.05, 4.69) is 20.3 Å². The summed E-state index contributed by atoms with van der Waals surface area (Å²) in [6.07, 6.45) is -5.37. The van der Waals surface area contributed by atoms with E-state index in [-0.39, 0.29) is 47.3 Å². The summed E-state index contributed by atoms with van der Waals surface area (Å²) in [4.78, 5) is 48.2. The van der Waals surface area contributed by atoms with E-state index in [1.54, 1.807) is 6.07 Å². The highest BCUT2D eigenvalue weighted by molar-refractivity contribution is 7.22. The zero-order chi connectivity index (χ0) is 44.8. The maximum absolute atomic E-state index is 15.7. The number of pyridine rings is 1. The molecule has 0 unspecified atom stereocenters. The van der Waals surface area contributed by atoms with Gasteiger partial charge in [-0.05, 0) is 78.8 Å². The van der Waals surface area contributed by atoms with Gasteiger partial charge in [0.2, 0.25) is 11.9 Å². The van der Waals surface area contributed by atoms with Crippen molar-refractivity contribution in [2.45, 2.75) is 49.9 Å². The smallest absolute Gasteiger partial charge is 0.366 e. The number of anilines is 2. The van der Waals surface area contributed by atoms with Crippen LogP contribution in [-0.4, -0.2) is 67.7 Å². The predicted octanol–water partition coefficient (Wildman–Crippen LogP) is 7.99. The minimum atomic E-state index is -5.09. The molecule has 4 aromatic heterocycles. The average Bonchev–Trinajstić information content (AvgIpc) is 3.97. The molecular weight excluding hydrogens is 873 g/mol. The molecule has 21 heteroatoms. The molecule has 64 heavy (non-hydrogen) atoms. The molecule has 5 heterocycles. The number of alkyl halides is 5. The highest BCUT2D eigenvalue weighted by Gasteiger charge is 2.63. The van der Waals surface area contributed by atoms with Gasteiger partial charge in [0, 0.05) is 49.3 Å². The molecule has 3 aromatic carbocycles. The number of nitrogens with one attached hydrogen (secondary N) is 2. The summed E-state index contributed by atoms with van der Waals surface area (Å²) in [5.41, 5.74) is 4.23. The second kappa shape index (κ2) is 15.3. The maximum Gasteiger partial charge on any atom is 0.435 e. The zero-order valence-corrected chi connectivity index (χ0v) is 34.0. The van der Waals surface area contributed by atoms with Crippen LogP contribution >= 0.6 is 11.3 Å². The molecule has 3 atom stereocenters. The standard InChI is InChI=1S/C43H34F8N10O2S/c44-22-13-20(14-23(45)17-22)15-31(53-33(62)19-61-37-34(36(58-61)43(49,50)51)24-6-7-27(24)42(37,47)48)35-25(21-5-8-28(46)26(16-21)38(52)63)18-32-39(56-35)57-41(64-32)60-11-9-59(10-12-60)40-54-29-3-1-2-4-30(29)55-40/h1-5,8,13-14,16-18,24,27,31H,6-7,9-12,15,19H2,(H2,52,63)(H,53,62)(H,54,55)/t24-,27+,31-/m0/s1. The van der Waals surface area contributed by atoms with Gasteiger partial charge in [-0.3, -0.25) is 14.3 Å². The number of hydrogen-bond donors (Lipinski definition) is 3. The molecule has 7 aromatic rings. The third-order valence-corrected chi connectivity index (χ3v) is 13.2. The van der Waals surface area contributed by atoms with Crippen molar-refractivity contribution < 1.29 is 44.7 Å². The molecule has 2 aliphatic carbocycles. The number of imidazole rings is 1. The fourth-order valence-electron chi connectivity index (χ4n) is 9.09. The van der Waals surface area contributed by atoms with Crippen molar-refractivity contribution in [3.05, 3.63) is 118 Å². The Hall–Kier alpha value is -6.64. The first-order valence-corrected chi connectivity index (χ1v) is 21.0. The molecule has 12 nitrogen and oxygen atoms in total. The fraction of sp³-hybridized carbons (Fsp3) is 0.302. The number of nitrogens with two attached hydrogens (primary N) is 1. The van der Waals surface area contributed by atoms with Crippen LogP contribution in [0.1, 0.15) is 63.4 Å². The lowest BCUT2D eigenvalue weighted by atomic mass is 9.73. The molecule has 1 aliphatic heterocycles. The Bertz CT molecular complexity index is 2960. The summed E-state index contributed by atoms with van der Waals surface area (Å²) in [7, 11) is 0. The van der Waals surface area contributed by atoms with Gasteiger partial charge in [-0.1, -0.05) is 29.5 Å². The molecule has 2 fully saturated rings. The number of primary amides is 1. The van der Waals surface area contributed by atoms with Gasteiger partial charge in [0.25, 0.3) is 11.8 Å². The first-order valence-electron chi connectivity index (χ1n) is 20.2. The molecule has 4 N–H and O–H groups in total. The highest BCUT2D eigenvalue weighted by atomic mass is 32.1. The number of hydrogen-bond acceptors (Lipinski definition) is 9. The second-order valence-corrected chi connectivity index (χ2v) is 17.1. The highest BCUT2D eigenvalue weighted by Crippen LogP contribution is 2.64. The first-order chi connectivity index (χ1) is 30.5. The number of nitrogens with zero attached hydrogens (tertiary/aromatic N) is 7. The number of amides is 2. The number of H-pyrrole nitrogens is 1. The van der Waals surface area contributed by atoms with Crippen LogP contribution in [0.5, 0.6) is 0 Å². The van der Waals surface area contributed by atoms with Gasteiger partial charge in [0.05, 0.1) is 33.0 Å². The van der Waals surface area contributed by atoms with Gasteiger partial charge in [-0.15, -0.1) is 0 Å². The number of fused-ring (bicyclic) bond motifs is 5. The van der Waals surface area contributed by atoms with Crippen LogP contribution in [-0.2, 0) is 29.9 Å². The average molecular weight is 907 g/mol. The molecule has 1 saturated heterocycles. The molecule has 0 spiro atoms. The molecule has 330 valence electrons. The molecule has 1 saturated carbocycles. The van der Waals surface area contributed by atoms with E-state index >= 15 is 8.78 Å². The third kappa shape index (κ3) is 7.24. The lowest BCUT2D eigenvalue weighted by Crippen LogP contribution is -2.46. The van der Waals surface area contributed by atoms with E-state index < -0.39 is 88.3 Å². The third-order valence-electron chi connectivity index (χ3n) is 12.2. The molecule has 0 radical (unpaired) electrons. The van der Waals surface area contributed by atoms with Crippen LogP contribution in [0.2, 0.25) is 0 Å². The molecule has 0 bridgehead atoms. The van der Waals surface area contributed by atoms with Crippen LogP contribution in [0.4, 0.5) is 46.2 Å². The topological polar surface area (TPSA) is 151 Å².